The van der Waals surface area contributed by atoms with Crippen molar-refractivity contribution in [3.63, 3.8) is 0 Å². The Hall–Kier alpha value is -3.86. The van der Waals surface area contributed by atoms with E-state index < -0.39 is 5.82 Å². The fraction of sp³-hybridized carbons (Fsp3) is 0.348. The van der Waals surface area contributed by atoms with Gasteiger partial charge < -0.3 is 20.7 Å². The summed E-state index contributed by atoms with van der Waals surface area (Å²) in [4.78, 5) is 28.8. The third-order valence-corrected chi connectivity index (χ3v) is 6.45. The molecule has 0 unspecified atom stereocenters. The lowest BCUT2D eigenvalue weighted by molar-refractivity contribution is -0.138. The van der Waals surface area contributed by atoms with Gasteiger partial charge in [0, 0.05) is 41.8 Å². The van der Waals surface area contributed by atoms with Crippen LogP contribution in [0.15, 0.2) is 43.1 Å². The van der Waals surface area contributed by atoms with Crippen LogP contribution < -0.4 is 5.73 Å². The Morgan fingerprint density at radius 1 is 1.12 bits per heavy atom. The van der Waals surface area contributed by atoms with Gasteiger partial charge in [-0.1, -0.05) is 6.07 Å². The average Bonchev–Trinajstić information content (AvgIpc) is 3.60. The number of aromatic amines is 1. The van der Waals surface area contributed by atoms with Crippen molar-refractivity contribution in [3.05, 3.63) is 48.9 Å². The number of amides is 1. The van der Waals surface area contributed by atoms with Crippen LogP contribution in [0.5, 0.6) is 0 Å². The van der Waals surface area contributed by atoms with Gasteiger partial charge in [0.15, 0.2) is 23.1 Å². The van der Waals surface area contributed by atoms with Gasteiger partial charge in [-0.25, -0.2) is 14.4 Å². The van der Waals surface area contributed by atoms with Gasteiger partial charge >= 0.3 is 0 Å². The molecule has 0 saturated carbocycles. The van der Waals surface area contributed by atoms with Crippen molar-refractivity contribution in [2.24, 2.45) is 0 Å². The highest BCUT2D eigenvalue weighted by molar-refractivity contribution is 5.78. The van der Waals surface area contributed by atoms with Crippen molar-refractivity contribution in [2.45, 2.75) is 44.2 Å². The van der Waals surface area contributed by atoms with Gasteiger partial charge in [0.05, 0.1) is 12.4 Å². The molecule has 6 rings (SSSR count). The number of hydrogen-bond donors (Lipinski definition) is 3. The largest absolute Gasteiger partial charge is 0.387 e. The second-order valence-electron chi connectivity index (χ2n) is 8.43. The summed E-state index contributed by atoms with van der Waals surface area (Å²) < 4.78 is 14.7. The zero-order chi connectivity index (χ0) is 23.7. The molecule has 0 spiro atoms. The number of anilines is 1. The van der Waals surface area contributed by atoms with Gasteiger partial charge in [0.2, 0.25) is 5.91 Å². The summed E-state index contributed by atoms with van der Waals surface area (Å²) in [5.41, 5.74) is 8.40. The highest BCUT2D eigenvalue weighted by atomic mass is 19.1. The minimum atomic E-state index is -0.603. The van der Waals surface area contributed by atoms with Crippen LogP contribution in [0, 0.1) is 5.82 Å². The molecule has 10 nitrogen and oxygen atoms in total. The van der Waals surface area contributed by atoms with Gasteiger partial charge in [-0.15, -0.1) is 0 Å². The van der Waals surface area contributed by atoms with E-state index in [9.17, 15) is 9.18 Å². The van der Waals surface area contributed by atoms with Crippen LogP contribution >= 0.6 is 0 Å². The standard InChI is InChI=1S/C14H10FN7.C9H15NO2/c15-10-7-20-14-9(6-21-22(14)12(10)16)8-1-2-11(19-5-8)13-17-3-4-18-13;11-6-9(12)10-7-2-1-3-8(10)5-4-7/h1-7H,16H2,(H,17,18);7-8,11H,1-6H2/t;7-,8+. The smallest absolute Gasteiger partial charge is 0.248 e. The maximum atomic E-state index is 13.4. The number of hydrogen-bond acceptors (Lipinski definition) is 7. The third kappa shape index (κ3) is 3.98. The quantitative estimate of drug-likeness (QED) is 0.423. The van der Waals surface area contributed by atoms with Gasteiger partial charge in [0.1, 0.15) is 12.3 Å². The monoisotopic (exact) mass is 464 g/mol. The lowest BCUT2D eigenvalue weighted by Crippen LogP contribution is -2.45. The molecule has 2 aliphatic rings. The molecule has 4 aromatic rings. The van der Waals surface area contributed by atoms with Crippen molar-refractivity contribution in [1.82, 2.24) is 34.4 Å². The Morgan fingerprint density at radius 3 is 2.56 bits per heavy atom. The molecular formula is C23H25FN8O2. The molecule has 4 N–H and O–H groups in total. The fourth-order valence-electron chi connectivity index (χ4n) is 4.84. The predicted octanol–water partition coefficient (Wildman–Crippen LogP) is 2.42. The molecule has 2 saturated heterocycles. The van der Waals surface area contributed by atoms with E-state index in [4.69, 9.17) is 10.8 Å². The molecule has 6 heterocycles. The highest BCUT2D eigenvalue weighted by Crippen LogP contribution is 2.35. The summed E-state index contributed by atoms with van der Waals surface area (Å²) in [6, 6.07) is 4.61. The minimum Gasteiger partial charge on any atom is -0.387 e. The number of imidazole rings is 1. The van der Waals surface area contributed by atoms with E-state index in [1.54, 1.807) is 24.8 Å². The SMILES string of the molecule is Nc1c(F)cnc2c(-c3ccc(-c4ncc[nH]4)nc3)cnn12.O=C(CO)N1[C@@H]2CCC[C@H]1CC2. The fourth-order valence-corrected chi connectivity index (χ4v) is 4.84. The van der Waals surface area contributed by atoms with Crippen LogP contribution in [0.1, 0.15) is 32.1 Å². The number of nitrogens with one attached hydrogen (secondary N) is 1. The molecular weight excluding hydrogens is 439 g/mol. The van der Waals surface area contributed by atoms with Crippen LogP contribution in [0.2, 0.25) is 0 Å². The first-order valence-corrected chi connectivity index (χ1v) is 11.2. The molecule has 1 amide bonds. The molecule has 0 aromatic carbocycles. The number of halogens is 1. The number of nitrogen functional groups attached to an aromatic ring is 1. The number of piperidine rings is 1. The minimum absolute atomic E-state index is 0.0674. The number of nitrogens with two attached hydrogens (primary N) is 1. The summed E-state index contributed by atoms with van der Waals surface area (Å²) in [5, 5.41) is 12.8. The zero-order valence-electron chi connectivity index (χ0n) is 18.4. The van der Waals surface area contributed by atoms with Gasteiger partial charge in [0.25, 0.3) is 0 Å². The van der Waals surface area contributed by atoms with Crippen molar-refractivity contribution >= 4 is 17.4 Å². The number of aromatic nitrogens is 6. The Labute approximate surface area is 194 Å². The van der Waals surface area contributed by atoms with Crippen LogP contribution in [0.4, 0.5) is 10.2 Å². The Morgan fingerprint density at radius 2 is 1.91 bits per heavy atom. The van der Waals surface area contributed by atoms with Gasteiger partial charge in [-0.2, -0.15) is 9.61 Å². The molecule has 0 radical (unpaired) electrons. The van der Waals surface area contributed by atoms with E-state index in [1.807, 2.05) is 17.0 Å². The average molecular weight is 465 g/mol. The van der Waals surface area contributed by atoms with E-state index in [0.29, 0.717) is 23.6 Å². The summed E-state index contributed by atoms with van der Waals surface area (Å²) in [5.74, 6) is -0.0529. The molecule has 2 fully saturated rings. The van der Waals surface area contributed by atoms with Crippen molar-refractivity contribution in [3.8, 4) is 22.6 Å². The number of carbonyl (C=O) groups excluding carboxylic acids is 1. The number of aliphatic hydroxyl groups is 1. The van der Waals surface area contributed by atoms with Crippen LogP contribution in [-0.2, 0) is 4.79 Å². The predicted molar refractivity (Wildman–Crippen MR) is 123 cm³/mol. The van der Waals surface area contributed by atoms with Crippen molar-refractivity contribution < 1.29 is 14.3 Å². The molecule has 2 bridgehead atoms. The molecule has 34 heavy (non-hydrogen) atoms. The molecule has 11 heteroatoms. The summed E-state index contributed by atoms with van der Waals surface area (Å²) in [6.07, 6.45) is 13.6. The highest BCUT2D eigenvalue weighted by Gasteiger charge is 2.38. The number of carbonyl (C=O) groups is 1. The second kappa shape index (κ2) is 9.18. The molecule has 2 atom stereocenters. The number of pyridine rings is 1. The number of H-pyrrole nitrogens is 1. The number of rotatable bonds is 3. The number of nitrogens with zero attached hydrogens (tertiary/aromatic N) is 6. The lowest BCUT2D eigenvalue weighted by atomic mass is 10.0. The lowest BCUT2D eigenvalue weighted by Gasteiger charge is -2.34. The summed E-state index contributed by atoms with van der Waals surface area (Å²) >= 11 is 0. The normalized spacial score (nSPS) is 19.2. The van der Waals surface area contributed by atoms with Gasteiger partial charge in [-0.3, -0.25) is 9.78 Å². The molecule has 2 aliphatic heterocycles. The zero-order valence-corrected chi connectivity index (χ0v) is 18.4. The first-order valence-electron chi connectivity index (χ1n) is 11.2. The van der Waals surface area contributed by atoms with Crippen molar-refractivity contribution in [1.29, 1.82) is 0 Å². The van der Waals surface area contributed by atoms with Crippen molar-refractivity contribution in [2.75, 3.05) is 12.3 Å². The maximum absolute atomic E-state index is 13.4. The van der Waals surface area contributed by atoms with Crippen LogP contribution in [0.25, 0.3) is 28.3 Å². The molecule has 0 aliphatic carbocycles. The third-order valence-electron chi connectivity index (χ3n) is 6.45. The van der Waals surface area contributed by atoms with Gasteiger partial charge in [-0.05, 0) is 38.2 Å². The molecule has 4 aromatic heterocycles. The van der Waals surface area contributed by atoms with E-state index in [0.717, 1.165) is 48.7 Å². The van der Waals surface area contributed by atoms with E-state index >= 15 is 0 Å². The van der Waals surface area contributed by atoms with E-state index in [1.165, 1.54) is 10.9 Å². The Bertz CT molecular complexity index is 1270. The number of fused-ring (bicyclic) bond motifs is 3. The van der Waals surface area contributed by atoms with E-state index in [2.05, 4.69) is 25.0 Å². The molecule has 176 valence electrons. The Kier molecular flexibility index (Phi) is 5.93. The maximum Gasteiger partial charge on any atom is 0.248 e. The first-order chi connectivity index (χ1) is 16.6. The Balaban J connectivity index is 0.000000169. The number of aliphatic hydroxyl groups excluding tert-OH is 1. The summed E-state index contributed by atoms with van der Waals surface area (Å²) in [6.45, 7) is -0.312. The topological polar surface area (TPSA) is 138 Å². The summed E-state index contributed by atoms with van der Waals surface area (Å²) in [7, 11) is 0. The first kappa shape index (κ1) is 22.0. The van der Waals surface area contributed by atoms with Crippen LogP contribution in [-0.4, -0.2) is 64.2 Å². The van der Waals surface area contributed by atoms with E-state index in [-0.39, 0.29) is 18.3 Å². The second-order valence-corrected chi connectivity index (χ2v) is 8.43. The van der Waals surface area contributed by atoms with Crippen LogP contribution in [0.3, 0.4) is 0 Å².